The van der Waals surface area contributed by atoms with E-state index in [-0.39, 0.29) is 12.3 Å². The monoisotopic (exact) mass is 410 g/mol. The largest absolute Gasteiger partial charge is 0.313 e. The Balaban J connectivity index is 1.72. The van der Waals surface area contributed by atoms with Crippen molar-refractivity contribution in [2.45, 2.75) is 19.3 Å². The SMILES string of the molecule is CC(/C=C/c1ccncc1)=N\C(/C=C/c1ccncc1)NC(N)/C=C/c1ccncc1. The van der Waals surface area contributed by atoms with Crippen molar-refractivity contribution in [3.8, 4) is 0 Å². The maximum atomic E-state index is 6.28. The van der Waals surface area contributed by atoms with Crippen LogP contribution in [0.2, 0.25) is 0 Å². The molecule has 6 heteroatoms. The molecule has 3 heterocycles. The molecule has 0 saturated carbocycles. The van der Waals surface area contributed by atoms with Gasteiger partial charge in [-0.1, -0.05) is 24.3 Å². The number of aliphatic imine (C=N–C) groups is 1. The molecule has 3 aromatic rings. The Hall–Kier alpha value is -3.74. The van der Waals surface area contributed by atoms with Gasteiger partial charge in [-0.15, -0.1) is 0 Å². The number of allylic oxidation sites excluding steroid dienone is 1. The molecule has 0 aliphatic rings. The molecule has 0 radical (unpaired) electrons. The van der Waals surface area contributed by atoms with Crippen LogP contribution in [0.4, 0.5) is 0 Å². The van der Waals surface area contributed by atoms with Crippen LogP contribution in [0.5, 0.6) is 0 Å². The van der Waals surface area contributed by atoms with E-state index in [2.05, 4.69) is 20.3 Å². The van der Waals surface area contributed by atoms with Crippen molar-refractivity contribution in [3.05, 3.63) is 108 Å². The first-order valence-corrected chi connectivity index (χ1v) is 10.00. The lowest BCUT2D eigenvalue weighted by atomic mass is 10.2. The van der Waals surface area contributed by atoms with Gasteiger partial charge < -0.3 is 5.73 Å². The van der Waals surface area contributed by atoms with Gasteiger partial charge in [-0.25, -0.2) is 0 Å². The molecule has 6 nitrogen and oxygen atoms in total. The molecule has 156 valence electrons. The van der Waals surface area contributed by atoms with Gasteiger partial charge in [0, 0.05) is 42.9 Å². The minimum absolute atomic E-state index is 0.299. The van der Waals surface area contributed by atoms with E-state index in [1.165, 1.54) is 0 Å². The molecular weight excluding hydrogens is 384 g/mol. The minimum atomic E-state index is -0.374. The molecule has 0 saturated heterocycles. The van der Waals surface area contributed by atoms with Crippen LogP contribution in [0, 0.1) is 0 Å². The first-order valence-electron chi connectivity index (χ1n) is 10.00. The topological polar surface area (TPSA) is 89.1 Å². The van der Waals surface area contributed by atoms with E-state index in [0.29, 0.717) is 0 Å². The summed E-state index contributed by atoms with van der Waals surface area (Å²) in [6.07, 6.45) is 21.7. The maximum absolute atomic E-state index is 6.28. The average Bonchev–Trinajstić information content (AvgIpc) is 2.82. The maximum Gasteiger partial charge on any atom is 0.120 e. The summed E-state index contributed by atoms with van der Waals surface area (Å²) < 4.78 is 0. The first kappa shape index (κ1) is 22.0. The molecule has 3 aromatic heterocycles. The number of nitrogens with one attached hydrogen (secondary N) is 1. The Labute approximate surface area is 183 Å². The van der Waals surface area contributed by atoms with Gasteiger partial charge in [-0.3, -0.25) is 25.3 Å². The van der Waals surface area contributed by atoms with Crippen molar-refractivity contribution in [2.75, 3.05) is 0 Å². The normalized spacial score (nSPS) is 14.5. The molecule has 31 heavy (non-hydrogen) atoms. The van der Waals surface area contributed by atoms with Crippen LogP contribution in [0.3, 0.4) is 0 Å². The number of nitrogens with zero attached hydrogens (tertiary/aromatic N) is 4. The summed E-state index contributed by atoms with van der Waals surface area (Å²) >= 11 is 0. The van der Waals surface area contributed by atoms with Gasteiger partial charge >= 0.3 is 0 Å². The molecule has 2 unspecified atom stereocenters. The quantitative estimate of drug-likeness (QED) is 0.411. The highest BCUT2D eigenvalue weighted by Gasteiger charge is 2.06. The molecule has 0 fully saturated rings. The third-order valence-electron chi connectivity index (χ3n) is 4.31. The van der Waals surface area contributed by atoms with E-state index in [4.69, 9.17) is 10.7 Å². The second-order valence-electron chi connectivity index (χ2n) is 6.80. The second kappa shape index (κ2) is 12.1. The summed E-state index contributed by atoms with van der Waals surface area (Å²) in [6, 6.07) is 11.6. The Kier molecular flexibility index (Phi) is 8.55. The van der Waals surface area contributed by atoms with E-state index in [1.807, 2.05) is 79.8 Å². The number of rotatable bonds is 9. The summed E-state index contributed by atoms with van der Waals surface area (Å²) in [4.78, 5) is 16.9. The van der Waals surface area contributed by atoms with Crippen LogP contribution in [0.1, 0.15) is 23.6 Å². The minimum Gasteiger partial charge on any atom is -0.313 e. The van der Waals surface area contributed by atoms with Gasteiger partial charge in [-0.05, 0) is 72.2 Å². The van der Waals surface area contributed by atoms with E-state index in [9.17, 15) is 0 Å². The molecule has 0 bridgehead atoms. The molecule has 0 aliphatic carbocycles. The van der Waals surface area contributed by atoms with Crippen LogP contribution in [-0.4, -0.2) is 33.0 Å². The van der Waals surface area contributed by atoms with E-state index < -0.39 is 0 Å². The fraction of sp³-hybridized carbons (Fsp3) is 0.120. The summed E-state index contributed by atoms with van der Waals surface area (Å²) in [5.41, 5.74) is 10.3. The van der Waals surface area contributed by atoms with Crippen LogP contribution >= 0.6 is 0 Å². The van der Waals surface area contributed by atoms with E-state index >= 15 is 0 Å². The zero-order valence-corrected chi connectivity index (χ0v) is 17.4. The van der Waals surface area contributed by atoms with Crippen LogP contribution < -0.4 is 11.1 Å². The fourth-order valence-corrected chi connectivity index (χ4v) is 2.71. The van der Waals surface area contributed by atoms with Crippen molar-refractivity contribution in [3.63, 3.8) is 0 Å². The molecule has 0 spiro atoms. The van der Waals surface area contributed by atoms with Crippen LogP contribution in [0.25, 0.3) is 18.2 Å². The Bertz CT molecular complexity index is 1030. The summed E-state index contributed by atoms with van der Waals surface area (Å²) in [5, 5.41) is 3.33. The molecular formula is C25H26N6. The number of hydrogen-bond donors (Lipinski definition) is 2. The molecule has 0 aromatic carbocycles. The number of nitrogens with two attached hydrogens (primary N) is 1. The van der Waals surface area contributed by atoms with Crippen LogP contribution in [0.15, 0.2) is 96.8 Å². The van der Waals surface area contributed by atoms with Gasteiger partial charge in [0.15, 0.2) is 0 Å². The van der Waals surface area contributed by atoms with Crippen molar-refractivity contribution in [1.82, 2.24) is 20.3 Å². The van der Waals surface area contributed by atoms with Gasteiger partial charge in [0.2, 0.25) is 0 Å². The van der Waals surface area contributed by atoms with Crippen molar-refractivity contribution in [1.29, 1.82) is 0 Å². The van der Waals surface area contributed by atoms with E-state index in [1.54, 1.807) is 37.2 Å². The smallest absolute Gasteiger partial charge is 0.120 e. The number of hydrogen-bond acceptors (Lipinski definition) is 6. The first-order chi connectivity index (χ1) is 15.2. The number of aromatic nitrogens is 3. The van der Waals surface area contributed by atoms with E-state index in [0.717, 1.165) is 22.4 Å². The summed E-state index contributed by atoms with van der Waals surface area (Å²) in [7, 11) is 0. The van der Waals surface area contributed by atoms with Crippen LogP contribution in [-0.2, 0) is 0 Å². The molecule has 3 rings (SSSR count). The third-order valence-corrected chi connectivity index (χ3v) is 4.31. The highest BCUT2D eigenvalue weighted by Crippen LogP contribution is 2.05. The van der Waals surface area contributed by atoms with Gasteiger partial charge in [-0.2, -0.15) is 0 Å². The third kappa shape index (κ3) is 8.26. The zero-order chi connectivity index (χ0) is 21.7. The molecule has 0 amide bonds. The summed E-state index contributed by atoms with van der Waals surface area (Å²) in [6.45, 7) is 1.96. The average molecular weight is 411 g/mol. The van der Waals surface area contributed by atoms with Crippen molar-refractivity contribution < 1.29 is 0 Å². The summed E-state index contributed by atoms with van der Waals surface area (Å²) in [5.74, 6) is 0. The Morgan fingerprint density at radius 1 is 0.774 bits per heavy atom. The van der Waals surface area contributed by atoms with Crippen molar-refractivity contribution in [2.24, 2.45) is 10.7 Å². The lowest BCUT2D eigenvalue weighted by Crippen LogP contribution is -2.41. The van der Waals surface area contributed by atoms with Gasteiger partial charge in [0.05, 0.1) is 6.17 Å². The standard InChI is InChI=1S/C25H26N6/c1-20(2-3-21-8-14-27-15-9-21)30-25(7-5-23-12-18-29-19-13-23)31-24(26)6-4-22-10-16-28-17-11-22/h2-19,24-25,31H,26H2,1H3/b3-2+,6-4+,7-5+,30-20+. The molecule has 0 aliphatic heterocycles. The predicted molar refractivity (Wildman–Crippen MR) is 128 cm³/mol. The van der Waals surface area contributed by atoms with Gasteiger partial charge in [0.1, 0.15) is 6.17 Å². The highest BCUT2D eigenvalue weighted by atomic mass is 15.1. The predicted octanol–water partition coefficient (Wildman–Crippen LogP) is 3.97. The molecule has 2 atom stereocenters. The highest BCUT2D eigenvalue weighted by molar-refractivity contribution is 5.96. The fourth-order valence-electron chi connectivity index (χ4n) is 2.71. The number of pyridine rings is 3. The van der Waals surface area contributed by atoms with Crippen molar-refractivity contribution >= 4 is 23.9 Å². The van der Waals surface area contributed by atoms with Gasteiger partial charge in [0.25, 0.3) is 0 Å². The Morgan fingerprint density at radius 3 is 1.74 bits per heavy atom. The second-order valence-corrected chi connectivity index (χ2v) is 6.80. The lowest BCUT2D eigenvalue weighted by molar-refractivity contribution is 0.557. The zero-order valence-electron chi connectivity index (χ0n) is 17.4. The molecule has 3 N–H and O–H groups in total. The lowest BCUT2D eigenvalue weighted by Gasteiger charge is -2.16. The Morgan fingerprint density at radius 2 is 1.23 bits per heavy atom.